The summed E-state index contributed by atoms with van der Waals surface area (Å²) in [5.41, 5.74) is 10.5. The summed E-state index contributed by atoms with van der Waals surface area (Å²) in [6.07, 6.45) is 2.03. The first kappa shape index (κ1) is 14.6. The summed E-state index contributed by atoms with van der Waals surface area (Å²) < 4.78 is 0. The van der Waals surface area contributed by atoms with Gasteiger partial charge in [0.25, 0.3) is 0 Å². The third-order valence-electron chi connectivity index (χ3n) is 3.44. The molecule has 0 bridgehead atoms. The van der Waals surface area contributed by atoms with E-state index in [9.17, 15) is 0 Å². The van der Waals surface area contributed by atoms with E-state index in [1.165, 1.54) is 0 Å². The first-order chi connectivity index (χ1) is 10.8. The van der Waals surface area contributed by atoms with Crippen LogP contribution in [-0.2, 0) is 0 Å². The molecule has 0 fully saturated rings. The number of allylic oxidation sites excluding steroid dienone is 1. The van der Waals surface area contributed by atoms with Crippen LogP contribution < -0.4 is 5.73 Å². The van der Waals surface area contributed by atoms with E-state index in [-0.39, 0.29) is 0 Å². The molecule has 0 aliphatic carbocycles. The molecule has 2 N–H and O–H groups in total. The van der Waals surface area contributed by atoms with Crippen LogP contribution in [0.15, 0.2) is 59.6 Å². The van der Waals surface area contributed by atoms with E-state index in [1.807, 2.05) is 42.5 Å². The second-order valence-corrected chi connectivity index (χ2v) is 5.31. The number of rotatable bonds is 1. The van der Waals surface area contributed by atoms with Crippen molar-refractivity contribution in [3.05, 3.63) is 76.3 Å². The van der Waals surface area contributed by atoms with Crippen LogP contribution >= 0.6 is 11.6 Å². The Morgan fingerprint density at radius 3 is 2.68 bits per heavy atom. The van der Waals surface area contributed by atoms with Crippen molar-refractivity contribution in [3.63, 3.8) is 0 Å². The maximum atomic E-state index is 6.20. The minimum Gasteiger partial charge on any atom is -0.320 e. The fraction of sp³-hybridized carbons (Fsp3) is 0.105. The summed E-state index contributed by atoms with van der Waals surface area (Å²) >= 11 is 6.20. The van der Waals surface area contributed by atoms with Crippen molar-refractivity contribution in [2.24, 2.45) is 10.7 Å². The van der Waals surface area contributed by atoms with E-state index in [0.29, 0.717) is 18.1 Å². The molecular weight excluding hydrogens is 292 g/mol. The Morgan fingerprint density at radius 2 is 1.91 bits per heavy atom. The van der Waals surface area contributed by atoms with Gasteiger partial charge in [-0.3, -0.25) is 4.99 Å². The monoisotopic (exact) mass is 306 g/mol. The van der Waals surface area contributed by atoms with E-state index in [1.54, 1.807) is 0 Å². The van der Waals surface area contributed by atoms with E-state index in [4.69, 9.17) is 22.3 Å². The van der Waals surface area contributed by atoms with Crippen molar-refractivity contribution < 1.29 is 0 Å². The first-order valence-corrected chi connectivity index (χ1v) is 7.46. The maximum Gasteiger partial charge on any atom is 0.0729 e. The van der Waals surface area contributed by atoms with Gasteiger partial charge in [0, 0.05) is 21.7 Å². The summed E-state index contributed by atoms with van der Waals surface area (Å²) in [7, 11) is 0. The van der Waals surface area contributed by atoms with Gasteiger partial charge in [-0.15, -0.1) is 0 Å². The van der Waals surface area contributed by atoms with Gasteiger partial charge >= 0.3 is 0 Å². The van der Waals surface area contributed by atoms with Gasteiger partial charge in [-0.1, -0.05) is 59.8 Å². The molecule has 0 radical (unpaired) electrons. The highest BCUT2D eigenvalue weighted by atomic mass is 35.5. The molecule has 1 heterocycles. The highest BCUT2D eigenvalue weighted by Gasteiger charge is 2.16. The van der Waals surface area contributed by atoms with Crippen molar-refractivity contribution >= 4 is 22.9 Å². The maximum absolute atomic E-state index is 6.20. The zero-order valence-electron chi connectivity index (χ0n) is 12.0. The molecular formula is C19H15ClN2. The van der Waals surface area contributed by atoms with Gasteiger partial charge in [0.05, 0.1) is 18.8 Å². The molecule has 0 saturated carbocycles. The van der Waals surface area contributed by atoms with E-state index in [0.717, 1.165) is 28.0 Å². The van der Waals surface area contributed by atoms with Gasteiger partial charge in [0.15, 0.2) is 0 Å². The summed E-state index contributed by atoms with van der Waals surface area (Å²) in [6.45, 7) is 0.928. The highest BCUT2D eigenvalue weighted by Crippen LogP contribution is 2.27. The molecule has 22 heavy (non-hydrogen) atoms. The van der Waals surface area contributed by atoms with Gasteiger partial charge in [-0.2, -0.15) is 0 Å². The molecule has 0 atom stereocenters. The number of aliphatic imine (C=N–C) groups is 1. The molecule has 1 aliphatic heterocycles. The zero-order chi connectivity index (χ0) is 15.4. The molecule has 0 aromatic heterocycles. The van der Waals surface area contributed by atoms with Crippen molar-refractivity contribution in [2.45, 2.75) is 0 Å². The van der Waals surface area contributed by atoms with Crippen LogP contribution in [0.5, 0.6) is 0 Å². The summed E-state index contributed by atoms with van der Waals surface area (Å²) in [5.74, 6) is 6.06. The van der Waals surface area contributed by atoms with Crippen LogP contribution in [0.25, 0.3) is 5.57 Å². The summed E-state index contributed by atoms with van der Waals surface area (Å²) in [4.78, 5) is 4.72. The number of benzene rings is 2. The summed E-state index contributed by atoms with van der Waals surface area (Å²) in [5, 5.41) is 0.690. The third kappa shape index (κ3) is 2.96. The van der Waals surface area contributed by atoms with Crippen molar-refractivity contribution in [1.82, 2.24) is 0 Å². The van der Waals surface area contributed by atoms with Gasteiger partial charge in [0.1, 0.15) is 0 Å². The first-order valence-electron chi connectivity index (χ1n) is 7.09. The summed E-state index contributed by atoms with van der Waals surface area (Å²) in [6, 6.07) is 16.0. The molecule has 2 nitrogen and oxygen atoms in total. The molecule has 0 unspecified atom stereocenters. The average molecular weight is 307 g/mol. The molecule has 108 valence electrons. The van der Waals surface area contributed by atoms with Crippen LogP contribution in [0.2, 0.25) is 5.02 Å². The van der Waals surface area contributed by atoms with Crippen LogP contribution in [0.1, 0.15) is 16.7 Å². The van der Waals surface area contributed by atoms with Crippen molar-refractivity contribution in [1.29, 1.82) is 0 Å². The van der Waals surface area contributed by atoms with Crippen LogP contribution in [0.4, 0.5) is 0 Å². The number of nitrogens with zero attached hydrogens (tertiary/aromatic N) is 1. The Labute approximate surface area is 135 Å². The number of hydrogen-bond donors (Lipinski definition) is 1. The predicted octanol–water partition coefficient (Wildman–Crippen LogP) is 3.54. The second kappa shape index (κ2) is 6.62. The number of halogens is 1. The van der Waals surface area contributed by atoms with E-state index in [2.05, 4.69) is 24.0 Å². The van der Waals surface area contributed by atoms with Gasteiger partial charge in [0.2, 0.25) is 0 Å². The van der Waals surface area contributed by atoms with Crippen LogP contribution in [0.3, 0.4) is 0 Å². The number of fused-ring (bicyclic) bond motifs is 1. The Balaban J connectivity index is 2.17. The molecule has 0 amide bonds. The minimum absolute atomic E-state index is 0.340. The van der Waals surface area contributed by atoms with Crippen molar-refractivity contribution in [3.8, 4) is 11.8 Å². The Bertz CT molecular complexity index is 808. The minimum atomic E-state index is 0.340. The fourth-order valence-electron chi connectivity index (χ4n) is 2.48. The normalized spacial score (nSPS) is 13.2. The topological polar surface area (TPSA) is 38.4 Å². The van der Waals surface area contributed by atoms with Gasteiger partial charge in [-0.05, 0) is 23.8 Å². The Kier molecular flexibility index (Phi) is 4.39. The van der Waals surface area contributed by atoms with E-state index < -0.39 is 0 Å². The van der Waals surface area contributed by atoms with Crippen LogP contribution in [-0.4, -0.2) is 18.8 Å². The molecule has 3 heteroatoms. The smallest absolute Gasteiger partial charge is 0.0729 e. The lowest BCUT2D eigenvalue weighted by molar-refractivity contribution is 1.25. The molecule has 2 aromatic rings. The average Bonchev–Trinajstić information content (AvgIpc) is 2.73. The number of nitrogens with two attached hydrogens (primary N) is 1. The molecule has 3 rings (SSSR count). The molecule has 0 saturated heterocycles. The zero-order valence-corrected chi connectivity index (χ0v) is 12.8. The van der Waals surface area contributed by atoms with Crippen molar-refractivity contribution in [2.75, 3.05) is 13.1 Å². The third-order valence-corrected chi connectivity index (χ3v) is 3.68. The fourth-order valence-corrected chi connectivity index (χ4v) is 2.65. The standard InChI is InChI=1S/C19H15ClN2/c20-16-8-9-17-14(7-4-11-21)10-12-22-19(18(17)13-16)15-5-2-1-3-6-15/h1-3,5-6,8-10,13H,11-12,21H2. The SMILES string of the molecule is NCC#CC1=CCN=C(c2ccccc2)c2cc(Cl)ccc21. The lowest BCUT2D eigenvalue weighted by Crippen LogP contribution is -2.06. The molecule has 2 aromatic carbocycles. The lowest BCUT2D eigenvalue weighted by Gasteiger charge is -2.11. The Morgan fingerprint density at radius 1 is 1.09 bits per heavy atom. The van der Waals surface area contributed by atoms with Gasteiger partial charge in [-0.25, -0.2) is 0 Å². The lowest BCUT2D eigenvalue weighted by atomic mass is 9.94. The number of hydrogen-bond acceptors (Lipinski definition) is 2. The Hall–Kier alpha value is -2.34. The predicted molar refractivity (Wildman–Crippen MR) is 93.2 cm³/mol. The highest BCUT2D eigenvalue weighted by molar-refractivity contribution is 6.31. The molecule has 1 aliphatic rings. The van der Waals surface area contributed by atoms with E-state index >= 15 is 0 Å². The quantitative estimate of drug-likeness (QED) is 0.804. The largest absolute Gasteiger partial charge is 0.320 e. The second-order valence-electron chi connectivity index (χ2n) is 4.87. The van der Waals surface area contributed by atoms with Gasteiger partial charge < -0.3 is 5.73 Å². The molecule has 0 spiro atoms. The van der Waals surface area contributed by atoms with Crippen LogP contribution in [0, 0.1) is 11.8 Å².